The van der Waals surface area contributed by atoms with Crippen molar-refractivity contribution in [1.29, 1.82) is 0 Å². The van der Waals surface area contributed by atoms with Crippen LogP contribution in [0.5, 0.6) is 5.75 Å². The molecule has 2 nitrogen and oxygen atoms in total. The number of nitrogens with two attached hydrogens (primary N) is 1. The first kappa shape index (κ1) is 14.0. The Hall–Kier alpha value is -1.09. The molecule has 0 saturated carbocycles. The number of ether oxygens (including phenoxy) is 1. The van der Waals surface area contributed by atoms with Crippen LogP contribution in [0.25, 0.3) is 0 Å². The number of rotatable bonds is 5. The Morgan fingerprint density at radius 2 is 2.06 bits per heavy atom. The van der Waals surface area contributed by atoms with Crippen molar-refractivity contribution in [2.75, 3.05) is 7.11 Å². The van der Waals surface area contributed by atoms with E-state index in [4.69, 9.17) is 10.5 Å². The summed E-state index contributed by atoms with van der Waals surface area (Å²) in [7, 11) is 1.46. The van der Waals surface area contributed by atoms with E-state index in [-0.39, 0.29) is 23.0 Å². The Kier molecular flexibility index (Phi) is 4.52. The predicted octanol–water partition coefficient (Wildman–Crippen LogP) is 3.14. The average molecular weight is 239 g/mol. The maximum absolute atomic E-state index is 13.5. The number of hydrogen-bond acceptors (Lipinski definition) is 2. The quantitative estimate of drug-likeness (QED) is 0.856. The SMILES string of the molecule is CCC(C)(C)C(N)Cc1ccc(OC)c(F)c1. The molecule has 0 bridgehead atoms. The summed E-state index contributed by atoms with van der Waals surface area (Å²) in [5.41, 5.74) is 7.14. The molecule has 1 aromatic carbocycles. The van der Waals surface area contributed by atoms with Crippen LogP contribution in [0, 0.1) is 11.2 Å². The maximum atomic E-state index is 13.5. The van der Waals surface area contributed by atoms with Crippen molar-refractivity contribution in [3.8, 4) is 5.75 Å². The van der Waals surface area contributed by atoms with Crippen LogP contribution in [-0.2, 0) is 6.42 Å². The Labute approximate surface area is 103 Å². The first-order valence-electron chi connectivity index (χ1n) is 5.98. The molecular formula is C14H22FNO. The smallest absolute Gasteiger partial charge is 0.165 e. The van der Waals surface area contributed by atoms with Gasteiger partial charge in [0.05, 0.1) is 7.11 Å². The molecule has 0 aliphatic heterocycles. The first-order valence-corrected chi connectivity index (χ1v) is 5.98. The molecular weight excluding hydrogens is 217 g/mol. The third kappa shape index (κ3) is 3.43. The van der Waals surface area contributed by atoms with Crippen LogP contribution < -0.4 is 10.5 Å². The Bertz CT molecular complexity index is 376. The highest BCUT2D eigenvalue weighted by Crippen LogP contribution is 2.26. The standard InChI is InChI=1S/C14H22FNO/c1-5-14(2,3)13(16)9-10-6-7-12(17-4)11(15)8-10/h6-8,13H,5,9,16H2,1-4H3. The van der Waals surface area contributed by atoms with E-state index in [1.807, 2.05) is 6.07 Å². The Morgan fingerprint density at radius 1 is 1.41 bits per heavy atom. The minimum absolute atomic E-state index is 0.0281. The van der Waals surface area contributed by atoms with Gasteiger partial charge in [-0.05, 0) is 36.0 Å². The van der Waals surface area contributed by atoms with Gasteiger partial charge in [-0.2, -0.15) is 0 Å². The van der Waals surface area contributed by atoms with Gasteiger partial charge in [0, 0.05) is 6.04 Å². The zero-order valence-electron chi connectivity index (χ0n) is 11.1. The van der Waals surface area contributed by atoms with E-state index >= 15 is 0 Å². The Morgan fingerprint density at radius 3 is 2.53 bits per heavy atom. The van der Waals surface area contributed by atoms with E-state index in [0.29, 0.717) is 6.42 Å². The minimum Gasteiger partial charge on any atom is -0.494 e. The number of methoxy groups -OCH3 is 1. The van der Waals surface area contributed by atoms with E-state index < -0.39 is 0 Å². The topological polar surface area (TPSA) is 35.2 Å². The van der Waals surface area contributed by atoms with Crippen LogP contribution in [0.4, 0.5) is 4.39 Å². The molecule has 0 saturated heterocycles. The highest BCUT2D eigenvalue weighted by molar-refractivity contribution is 5.29. The zero-order valence-corrected chi connectivity index (χ0v) is 11.1. The summed E-state index contributed by atoms with van der Waals surface area (Å²) in [5, 5.41) is 0. The monoisotopic (exact) mass is 239 g/mol. The van der Waals surface area contributed by atoms with Crippen molar-refractivity contribution in [3.05, 3.63) is 29.6 Å². The highest BCUT2D eigenvalue weighted by atomic mass is 19.1. The number of hydrogen-bond donors (Lipinski definition) is 1. The molecule has 0 heterocycles. The minimum atomic E-state index is -0.327. The lowest BCUT2D eigenvalue weighted by atomic mass is 9.79. The normalized spacial score (nSPS) is 13.5. The molecule has 2 N–H and O–H groups in total. The fraction of sp³-hybridized carbons (Fsp3) is 0.571. The molecule has 0 aliphatic carbocycles. The van der Waals surface area contributed by atoms with Gasteiger partial charge >= 0.3 is 0 Å². The third-order valence-corrected chi connectivity index (χ3v) is 3.59. The molecule has 96 valence electrons. The van der Waals surface area contributed by atoms with Gasteiger partial charge in [-0.15, -0.1) is 0 Å². The van der Waals surface area contributed by atoms with Crippen LogP contribution in [0.3, 0.4) is 0 Å². The van der Waals surface area contributed by atoms with Gasteiger partial charge in [-0.3, -0.25) is 0 Å². The lowest BCUT2D eigenvalue weighted by Crippen LogP contribution is -2.38. The van der Waals surface area contributed by atoms with E-state index in [1.165, 1.54) is 13.2 Å². The van der Waals surface area contributed by atoms with Crippen LogP contribution in [0.2, 0.25) is 0 Å². The molecule has 0 aliphatic rings. The van der Waals surface area contributed by atoms with E-state index in [1.54, 1.807) is 6.07 Å². The summed E-state index contributed by atoms with van der Waals surface area (Å²) in [5.74, 6) is -0.0522. The molecule has 1 unspecified atom stereocenters. The second-order valence-electron chi connectivity index (χ2n) is 5.12. The van der Waals surface area contributed by atoms with Crippen molar-refractivity contribution in [2.24, 2.45) is 11.1 Å². The summed E-state index contributed by atoms with van der Waals surface area (Å²) in [6.45, 7) is 6.39. The molecule has 0 spiro atoms. The van der Waals surface area contributed by atoms with Gasteiger partial charge in [0.1, 0.15) is 0 Å². The fourth-order valence-electron chi connectivity index (χ4n) is 1.63. The zero-order chi connectivity index (χ0) is 13.1. The van der Waals surface area contributed by atoms with Crippen LogP contribution in [0.1, 0.15) is 32.8 Å². The molecule has 0 fully saturated rings. The first-order chi connectivity index (χ1) is 7.90. The second kappa shape index (κ2) is 5.50. The fourth-order valence-corrected chi connectivity index (χ4v) is 1.63. The van der Waals surface area contributed by atoms with E-state index in [9.17, 15) is 4.39 Å². The molecule has 1 atom stereocenters. The van der Waals surface area contributed by atoms with Gasteiger partial charge in [0.15, 0.2) is 11.6 Å². The summed E-state index contributed by atoms with van der Waals surface area (Å²) in [6.07, 6.45) is 1.69. The Balaban J connectivity index is 2.79. The average Bonchev–Trinajstić information content (AvgIpc) is 2.29. The predicted molar refractivity (Wildman–Crippen MR) is 68.7 cm³/mol. The van der Waals surface area contributed by atoms with Gasteiger partial charge in [0.2, 0.25) is 0 Å². The van der Waals surface area contributed by atoms with Crippen molar-refractivity contribution in [1.82, 2.24) is 0 Å². The van der Waals surface area contributed by atoms with Crippen molar-refractivity contribution in [2.45, 2.75) is 39.7 Å². The molecule has 0 radical (unpaired) electrons. The van der Waals surface area contributed by atoms with Crippen molar-refractivity contribution < 1.29 is 9.13 Å². The lowest BCUT2D eigenvalue weighted by molar-refractivity contribution is 0.272. The summed E-state index contributed by atoms with van der Waals surface area (Å²) in [6, 6.07) is 5.05. The van der Waals surface area contributed by atoms with Gasteiger partial charge in [0.25, 0.3) is 0 Å². The van der Waals surface area contributed by atoms with Crippen molar-refractivity contribution >= 4 is 0 Å². The molecule has 1 aromatic rings. The molecule has 1 rings (SSSR count). The second-order valence-corrected chi connectivity index (χ2v) is 5.12. The molecule has 3 heteroatoms. The number of benzene rings is 1. The third-order valence-electron chi connectivity index (χ3n) is 3.59. The van der Waals surface area contributed by atoms with Gasteiger partial charge < -0.3 is 10.5 Å². The number of halogens is 1. The largest absolute Gasteiger partial charge is 0.494 e. The van der Waals surface area contributed by atoms with Crippen LogP contribution in [-0.4, -0.2) is 13.2 Å². The van der Waals surface area contributed by atoms with Crippen molar-refractivity contribution in [3.63, 3.8) is 0 Å². The summed E-state index contributed by atoms with van der Waals surface area (Å²) >= 11 is 0. The summed E-state index contributed by atoms with van der Waals surface area (Å²) < 4.78 is 18.4. The highest BCUT2D eigenvalue weighted by Gasteiger charge is 2.24. The molecule has 0 aromatic heterocycles. The lowest BCUT2D eigenvalue weighted by Gasteiger charge is -2.30. The van der Waals surface area contributed by atoms with E-state index in [2.05, 4.69) is 20.8 Å². The maximum Gasteiger partial charge on any atom is 0.165 e. The van der Waals surface area contributed by atoms with Gasteiger partial charge in [-0.25, -0.2) is 4.39 Å². The molecule has 17 heavy (non-hydrogen) atoms. The summed E-state index contributed by atoms with van der Waals surface area (Å²) in [4.78, 5) is 0. The van der Waals surface area contributed by atoms with Gasteiger partial charge in [-0.1, -0.05) is 26.8 Å². The van der Waals surface area contributed by atoms with Crippen LogP contribution >= 0.6 is 0 Å². The molecule has 0 amide bonds. The van der Waals surface area contributed by atoms with E-state index in [0.717, 1.165) is 12.0 Å². The van der Waals surface area contributed by atoms with Crippen LogP contribution in [0.15, 0.2) is 18.2 Å².